The fourth-order valence-electron chi connectivity index (χ4n) is 3.60. The van der Waals surface area contributed by atoms with Gasteiger partial charge in [0.25, 0.3) is 0 Å². The standard InChI is InChI=1S/C23H19N5O/c24-15-7-8-19-17(10-15)22(23(29)28-19)21-11-20(16-5-1-2-6-18(16)27-21)26-13-14-4-3-9-25-12-14/h1-12,28-29H,13,24H2,(H,26,27). The Kier molecular flexibility index (Phi) is 4.02. The van der Waals surface area contributed by atoms with Gasteiger partial charge in [0.05, 0.1) is 16.8 Å². The van der Waals surface area contributed by atoms with Crippen LogP contribution in [0.25, 0.3) is 33.1 Å². The molecule has 0 saturated carbocycles. The second kappa shape index (κ2) is 6.83. The molecule has 0 bridgehead atoms. The maximum absolute atomic E-state index is 10.6. The van der Waals surface area contributed by atoms with E-state index in [1.54, 1.807) is 12.3 Å². The lowest BCUT2D eigenvalue weighted by Crippen LogP contribution is -2.01. The zero-order chi connectivity index (χ0) is 19.8. The molecule has 0 radical (unpaired) electrons. The second-order valence-corrected chi connectivity index (χ2v) is 6.94. The lowest BCUT2D eigenvalue weighted by atomic mass is 10.1. The van der Waals surface area contributed by atoms with Crippen molar-refractivity contribution in [1.29, 1.82) is 0 Å². The number of benzene rings is 2. The molecule has 0 amide bonds. The van der Waals surface area contributed by atoms with E-state index in [0.717, 1.165) is 33.1 Å². The fourth-order valence-corrected chi connectivity index (χ4v) is 3.60. The van der Waals surface area contributed by atoms with Crippen molar-refractivity contribution in [3.63, 3.8) is 0 Å². The van der Waals surface area contributed by atoms with Crippen molar-refractivity contribution >= 4 is 33.2 Å². The van der Waals surface area contributed by atoms with Crippen LogP contribution in [0.5, 0.6) is 5.88 Å². The largest absolute Gasteiger partial charge is 0.494 e. The molecule has 0 aliphatic carbocycles. The quantitative estimate of drug-likeness (QED) is 0.339. The molecule has 29 heavy (non-hydrogen) atoms. The van der Waals surface area contributed by atoms with Gasteiger partial charge in [-0.05, 0) is 42.0 Å². The number of fused-ring (bicyclic) bond motifs is 2. The maximum Gasteiger partial charge on any atom is 0.199 e. The van der Waals surface area contributed by atoms with Crippen molar-refractivity contribution in [3.05, 3.63) is 78.6 Å². The van der Waals surface area contributed by atoms with E-state index in [0.29, 0.717) is 23.5 Å². The third kappa shape index (κ3) is 3.10. The van der Waals surface area contributed by atoms with E-state index in [1.165, 1.54) is 0 Å². The highest BCUT2D eigenvalue weighted by molar-refractivity contribution is 6.02. The SMILES string of the molecule is Nc1ccc2[nH]c(O)c(-c3cc(NCc4cccnc4)c4ccccc4n3)c2c1. The first-order chi connectivity index (χ1) is 14.2. The predicted molar refractivity (Wildman–Crippen MR) is 117 cm³/mol. The third-order valence-corrected chi connectivity index (χ3v) is 4.98. The number of rotatable bonds is 4. The number of pyridine rings is 2. The Balaban J connectivity index is 1.66. The van der Waals surface area contributed by atoms with Gasteiger partial charge in [0.2, 0.25) is 0 Å². The van der Waals surface area contributed by atoms with Gasteiger partial charge in [-0.15, -0.1) is 0 Å². The molecule has 0 unspecified atom stereocenters. The normalized spacial score (nSPS) is 11.2. The van der Waals surface area contributed by atoms with Crippen LogP contribution >= 0.6 is 0 Å². The Hall–Kier alpha value is -4.06. The van der Waals surface area contributed by atoms with Gasteiger partial charge in [0.15, 0.2) is 5.88 Å². The number of nitrogens with two attached hydrogens (primary N) is 1. The van der Waals surface area contributed by atoms with Crippen molar-refractivity contribution in [2.75, 3.05) is 11.1 Å². The molecule has 0 saturated heterocycles. The molecule has 6 nitrogen and oxygen atoms in total. The van der Waals surface area contributed by atoms with Crippen LogP contribution in [0.1, 0.15) is 5.56 Å². The number of aromatic nitrogens is 3. The minimum Gasteiger partial charge on any atom is -0.494 e. The lowest BCUT2D eigenvalue weighted by Gasteiger charge is -2.12. The average molecular weight is 381 g/mol. The van der Waals surface area contributed by atoms with Gasteiger partial charge < -0.3 is 21.1 Å². The summed E-state index contributed by atoms with van der Waals surface area (Å²) in [6.07, 6.45) is 3.60. The zero-order valence-electron chi connectivity index (χ0n) is 15.6. The molecule has 0 spiro atoms. The Bertz CT molecular complexity index is 1330. The summed E-state index contributed by atoms with van der Waals surface area (Å²) in [5.74, 6) is 0.0755. The summed E-state index contributed by atoms with van der Waals surface area (Å²) in [5, 5.41) is 15.9. The van der Waals surface area contributed by atoms with Crippen LogP contribution in [0.2, 0.25) is 0 Å². The van der Waals surface area contributed by atoms with Gasteiger partial charge in [-0.2, -0.15) is 0 Å². The number of para-hydroxylation sites is 1. The smallest absolute Gasteiger partial charge is 0.199 e. The average Bonchev–Trinajstić information content (AvgIpc) is 3.07. The summed E-state index contributed by atoms with van der Waals surface area (Å²) in [5.41, 5.74) is 11.6. The summed E-state index contributed by atoms with van der Waals surface area (Å²) >= 11 is 0. The van der Waals surface area contributed by atoms with E-state index in [4.69, 9.17) is 10.7 Å². The van der Waals surface area contributed by atoms with Gasteiger partial charge in [0, 0.05) is 46.6 Å². The summed E-state index contributed by atoms with van der Waals surface area (Å²) in [6.45, 7) is 0.633. The first kappa shape index (κ1) is 17.1. The lowest BCUT2D eigenvalue weighted by molar-refractivity contribution is 0.460. The number of hydrogen-bond donors (Lipinski definition) is 4. The van der Waals surface area contributed by atoms with E-state index in [2.05, 4.69) is 15.3 Å². The van der Waals surface area contributed by atoms with Gasteiger partial charge >= 0.3 is 0 Å². The molecule has 0 aliphatic rings. The number of nitrogen functional groups attached to an aromatic ring is 1. The van der Waals surface area contributed by atoms with Gasteiger partial charge in [-0.3, -0.25) is 4.98 Å². The van der Waals surface area contributed by atoms with E-state index in [-0.39, 0.29) is 5.88 Å². The number of hydrogen-bond acceptors (Lipinski definition) is 5. The maximum atomic E-state index is 10.6. The van der Waals surface area contributed by atoms with E-state index < -0.39 is 0 Å². The van der Waals surface area contributed by atoms with Gasteiger partial charge in [-0.25, -0.2) is 4.98 Å². The van der Waals surface area contributed by atoms with Crippen LogP contribution in [0.3, 0.4) is 0 Å². The summed E-state index contributed by atoms with van der Waals surface area (Å²) < 4.78 is 0. The molecule has 5 N–H and O–H groups in total. The molecular weight excluding hydrogens is 362 g/mol. The number of nitrogens with one attached hydrogen (secondary N) is 2. The molecule has 0 aliphatic heterocycles. The summed E-state index contributed by atoms with van der Waals surface area (Å²) in [7, 11) is 0. The second-order valence-electron chi connectivity index (χ2n) is 6.94. The number of aromatic hydroxyl groups is 1. The Morgan fingerprint density at radius 1 is 1.00 bits per heavy atom. The first-order valence-corrected chi connectivity index (χ1v) is 9.32. The van der Waals surface area contributed by atoms with Crippen LogP contribution in [0.4, 0.5) is 11.4 Å². The van der Waals surface area contributed by atoms with Crippen LogP contribution in [0.15, 0.2) is 73.1 Å². The van der Waals surface area contributed by atoms with E-state index >= 15 is 0 Å². The Labute approximate surface area is 167 Å². The highest BCUT2D eigenvalue weighted by Crippen LogP contribution is 2.39. The number of aromatic amines is 1. The predicted octanol–water partition coefficient (Wildman–Crippen LogP) is 4.68. The third-order valence-electron chi connectivity index (χ3n) is 4.98. The fraction of sp³-hybridized carbons (Fsp3) is 0.0435. The first-order valence-electron chi connectivity index (χ1n) is 9.32. The molecular formula is C23H19N5O. The van der Waals surface area contributed by atoms with E-state index in [9.17, 15) is 5.11 Å². The van der Waals surface area contributed by atoms with Gasteiger partial charge in [0.1, 0.15) is 0 Å². The Morgan fingerprint density at radius 3 is 2.76 bits per heavy atom. The van der Waals surface area contributed by atoms with Crippen LogP contribution in [-0.4, -0.2) is 20.1 Å². The Morgan fingerprint density at radius 2 is 1.90 bits per heavy atom. The van der Waals surface area contributed by atoms with Gasteiger partial charge in [-0.1, -0.05) is 24.3 Å². The molecule has 0 fully saturated rings. The highest BCUT2D eigenvalue weighted by Gasteiger charge is 2.16. The monoisotopic (exact) mass is 381 g/mol. The van der Waals surface area contributed by atoms with Crippen molar-refractivity contribution in [1.82, 2.24) is 15.0 Å². The molecule has 3 aromatic heterocycles. The molecule has 5 rings (SSSR count). The molecule has 2 aromatic carbocycles. The van der Waals surface area contributed by atoms with Crippen molar-refractivity contribution < 1.29 is 5.11 Å². The van der Waals surface area contributed by atoms with Crippen molar-refractivity contribution in [2.45, 2.75) is 6.54 Å². The topological polar surface area (TPSA) is 99.9 Å². The van der Waals surface area contributed by atoms with Crippen molar-refractivity contribution in [3.8, 4) is 17.1 Å². The molecule has 6 heteroatoms. The summed E-state index contributed by atoms with van der Waals surface area (Å²) in [6, 6.07) is 19.4. The number of H-pyrrole nitrogens is 1. The molecule has 3 heterocycles. The zero-order valence-corrected chi connectivity index (χ0v) is 15.6. The molecule has 0 atom stereocenters. The minimum absolute atomic E-state index is 0.0755. The van der Waals surface area contributed by atoms with Crippen LogP contribution in [-0.2, 0) is 6.54 Å². The van der Waals surface area contributed by atoms with Crippen LogP contribution in [0, 0.1) is 0 Å². The summed E-state index contributed by atoms with van der Waals surface area (Å²) in [4.78, 5) is 12.0. The number of anilines is 2. The van der Waals surface area contributed by atoms with E-state index in [1.807, 2.05) is 60.8 Å². The molecule has 142 valence electrons. The minimum atomic E-state index is 0.0755. The van der Waals surface area contributed by atoms with Crippen LogP contribution < -0.4 is 11.1 Å². The highest BCUT2D eigenvalue weighted by atomic mass is 16.3. The number of nitrogens with zero attached hydrogens (tertiary/aromatic N) is 2. The van der Waals surface area contributed by atoms with Crippen molar-refractivity contribution in [2.24, 2.45) is 0 Å². The molecule has 5 aromatic rings.